The standard InChI is InChI=1S/C13H23N3OS/c1-5-11(9-18-4)15(3)13(17)12-7-10(14)8-16(12)6-2/h7-8,11H,5-6,9,14H2,1-4H3. The molecule has 1 unspecified atom stereocenters. The van der Waals surface area contributed by atoms with Gasteiger partial charge < -0.3 is 15.2 Å². The monoisotopic (exact) mass is 269 g/mol. The molecule has 18 heavy (non-hydrogen) atoms. The molecule has 1 aromatic heterocycles. The normalized spacial score (nSPS) is 12.4. The lowest BCUT2D eigenvalue weighted by Gasteiger charge is -2.27. The third kappa shape index (κ3) is 3.22. The van der Waals surface area contributed by atoms with E-state index in [1.54, 1.807) is 17.8 Å². The fourth-order valence-electron chi connectivity index (χ4n) is 2.02. The fourth-order valence-corrected chi connectivity index (χ4v) is 2.86. The van der Waals surface area contributed by atoms with Gasteiger partial charge in [0.05, 0.1) is 5.69 Å². The van der Waals surface area contributed by atoms with Gasteiger partial charge in [-0.2, -0.15) is 11.8 Å². The number of aromatic nitrogens is 1. The first-order chi connectivity index (χ1) is 8.54. The number of nitrogen functional groups attached to an aromatic ring is 1. The van der Waals surface area contributed by atoms with Gasteiger partial charge >= 0.3 is 0 Å². The van der Waals surface area contributed by atoms with Gasteiger partial charge in [-0.1, -0.05) is 6.92 Å². The van der Waals surface area contributed by atoms with E-state index in [2.05, 4.69) is 13.2 Å². The molecule has 0 bridgehead atoms. The van der Waals surface area contributed by atoms with Crippen molar-refractivity contribution in [2.75, 3.05) is 24.8 Å². The van der Waals surface area contributed by atoms with Crippen molar-refractivity contribution >= 4 is 23.4 Å². The van der Waals surface area contributed by atoms with Crippen LogP contribution >= 0.6 is 11.8 Å². The van der Waals surface area contributed by atoms with Gasteiger partial charge in [0.1, 0.15) is 5.69 Å². The third-order valence-electron chi connectivity index (χ3n) is 3.18. The molecule has 0 radical (unpaired) electrons. The fraction of sp³-hybridized carbons (Fsp3) is 0.615. The average molecular weight is 269 g/mol. The molecule has 1 rings (SSSR count). The number of thioether (sulfide) groups is 1. The van der Waals surface area contributed by atoms with Crippen molar-refractivity contribution in [1.29, 1.82) is 0 Å². The summed E-state index contributed by atoms with van der Waals surface area (Å²) in [4.78, 5) is 14.3. The summed E-state index contributed by atoms with van der Waals surface area (Å²) >= 11 is 1.77. The van der Waals surface area contributed by atoms with E-state index in [0.717, 1.165) is 18.7 Å². The van der Waals surface area contributed by atoms with Gasteiger partial charge in [0, 0.05) is 31.6 Å². The number of nitrogens with two attached hydrogens (primary N) is 1. The Bertz CT molecular complexity index is 403. The second-order valence-corrected chi connectivity index (χ2v) is 5.29. The van der Waals surface area contributed by atoms with Crippen LogP contribution < -0.4 is 5.73 Å². The molecular formula is C13H23N3OS. The van der Waals surface area contributed by atoms with Gasteiger partial charge in [0.2, 0.25) is 0 Å². The van der Waals surface area contributed by atoms with Gasteiger partial charge in [-0.3, -0.25) is 4.79 Å². The van der Waals surface area contributed by atoms with Crippen LogP contribution in [0.3, 0.4) is 0 Å². The number of amides is 1. The van der Waals surface area contributed by atoms with E-state index in [4.69, 9.17) is 5.73 Å². The molecule has 0 aliphatic carbocycles. The topological polar surface area (TPSA) is 51.3 Å². The zero-order valence-corrected chi connectivity index (χ0v) is 12.5. The van der Waals surface area contributed by atoms with Crippen molar-refractivity contribution in [3.8, 4) is 0 Å². The maximum atomic E-state index is 12.5. The van der Waals surface area contributed by atoms with E-state index >= 15 is 0 Å². The van der Waals surface area contributed by atoms with Gasteiger partial charge in [0.15, 0.2) is 0 Å². The number of hydrogen-bond donors (Lipinski definition) is 1. The molecule has 4 nitrogen and oxygen atoms in total. The number of carbonyl (C=O) groups excluding carboxylic acids is 1. The van der Waals surface area contributed by atoms with Gasteiger partial charge in [-0.05, 0) is 25.7 Å². The molecule has 0 aliphatic heterocycles. The number of rotatable bonds is 6. The van der Waals surface area contributed by atoms with E-state index < -0.39 is 0 Å². The Morgan fingerprint density at radius 2 is 2.22 bits per heavy atom. The Labute approximate surface area is 114 Å². The molecule has 0 fully saturated rings. The molecule has 0 saturated carbocycles. The van der Waals surface area contributed by atoms with E-state index in [0.29, 0.717) is 11.4 Å². The lowest BCUT2D eigenvalue weighted by atomic mass is 10.2. The van der Waals surface area contributed by atoms with Crippen LogP contribution in [0.2, 0.25) is 0 Å². The van der Waals surface area contributed by atoms with Crippen molar-refractivity contribution in [2.24, 2.45) is 0 Å². The van der Waals surface area contributed by atoms with Crippen LogP contribution in [-0.2, 0) is 6.54 Å². The molecule has 2 N–H and O–H groups in total. The first-order valence-corrected chi connectivity index (χ1v) is 7.66. The van der Waals surface area contributed by atoms with Gasteiger partial charge in [0.25, 0.3) is 5.91 Å². The Balaban J connectivity index is 2.91. The van der Waals surface area contributed by atoms with E-state index in [1.165, 1.54) is 0 Å². The molecule has 0 aromatic carbocycles. The second kappa shape index (κ2) is 6.73. The lowest BCUT2D eigenvalue weighted by Crippen LogP contribution is -2.39. The molecule has 102 valence electrons. The Morgan fingerprint density at radius 3 is 2.72 bits per heavy atom. The largest absolute Gasteiger partial charge is 0.397 e. The summed E-state index contributed by atoms with van der Waals surface area (Å²) < 4.78 is 1.90. The number of hydrogen-bond acceptors (Lipinski definition) is 3. The molecule has 1 amide bonds. The van der Waals surface area contributed by atoms with Crippen molar-refractivity contribution in [3.63, 3.8) is 0 Å². The molecule has 5 heteroatoms. The van der Waals surface area contributed by atoms with Gasteiger partial charge in [-0.15, -0.1) is 0 Å². The molecule has 1 aromatic rings. The summed E-state index contributed by atoms with van der Waals surface area (Å²) in [7, 11) is 1.87. The van der Waals surface area contributed by atoms with E-state index in [9.17, 15) is 4.79 Å². The van der Waals surface area contributed by atoms with E-state index in [-0.39, 0.29) is 11.9 Å². The summed E-state index contributed by atoms with van der Waals surface area (Å²) in [5.74, 6) is 1.01. The van der Waals surface area contributed by atoms with Crippen LogP contribution in [0.25, 0.3) is 0 Å². The zero-order chi connectivity index (χ0) is 13.7. The van der Waals surface area contributed by atoms with Crippen LogP contribution in [0, 0.1) is 0 Å². The molecular weight excluding hydrogens is 246 g/mol. The second-order valence-electron chi connectivity index (χ2n) is 4.38. The predicted octanol–water partition coefficient (Wildman–Crippen LogP) is 2.30. The predicted molar refractivity (Wildman–Crippen MR) is 79.1 cm³/mol. The Kier molecular flexibility index (Phi) is 5.59. The summed E-state index contributed by atoms with van der Waals surface area (Å²) in [5, 5.41) is 0. The number of aryl methyl sites for hydroxylation is 1. The Morgan fingerprint density at radius 1 is 1.56 bits per heavy atom. The highest BCUT2D eigenvalue weighted by Gasteiger charge is 2.22. The van der Waals surface area contributed by atoms with Gasteiger partial charge in [-0.25, -0.2) is 0 Å². The van der Waals surface area contributed by atoms with Crippen LogP contribution in [-0.4, -0.2) is 40.5 Å². The minimum absolute atomic E-state index is 0.0504. The highest BCUT2D eigenvalue weighted by molar-refractivity contribution is 7.98. The van der Waals surface area contributed by atoms with Crippen LogP contribution in [0.15, 0.2) is 12.3 Å². The molecule has 1 atom stereocenters. The smallest absolute Gasteiger partial charge is 0.270 e. The first-order valence-electron chi connectivity index (χ1n) is 6.26. The lowest BCUT2D eigenvalue weighted by molar-refractivity contribution is 0.0733. The minimum atomic E-state index is 0.0504. The van der Waals surface area contributed by atoms with Crippen LogP contribution in [0.4, 0.5) is 5.69 Å². The molecule has 0 aliphatic rings. The maximum Gasteiger partial charge on any atom is 0.270 e. The van der Waals surface area contributed by atoms with Crippen LogP contribution in [0.5, 0.6) is 0 Å². The summed E-state index contributed by atoms with van der Waals surface area (Å²) in [6, 6.07) is 2.03. The molecule has 0 spiro atoms. The zero-order valence-electron chi connectivity index (χ0n) is 11.6. The molecule has 1 heterocycles. The number of nitrogens with zero attached hydrogens (tertiary/aromatic N) is 2. The number of anilines is 1. The van der Waals surface area contributed by atoms with Crippen molar-refractivity contribution < 1.29 is 4.79 Å². The summed E-state index contributed by atoms with van der Waals surface area (Å²) in [6.45, 7) is 4.87. The van der Waals surface area contributed by atoms with E-state index in [1.807, 2.05) is 29.6 Å². The van der Waals surface area contributed by atoms with Crippen LogP contribution in [0.1, 0.15) is 30.8 Å². The van der Waals surface area contributed by atoms with Crippen molar-refractivity contribution in [2.45, 2.75) is 32.9 Å². The highest BCUT2D eigenvalue weighted by atomic mass is 32.2. The SMILES string of the molecule is CCC(CSC)N(C)C(=O)c1cc(N)cn1CC. The summed E-state index contributed by atoms with van der Waals surface area (Å²) in [5.41, 5.74) is 7.09. The third-order valence-corrected chi connectivity index (χ3v) is 3.89. The minimum Gasteiger partial charge on any atom is -0.397 e. The quantitative estimate of drug-likeness (QED) is 0.862. The average Bonchev–Trinajstić information content (AvgIpc) is 2.75. The maximum absolute atomic E-state index is 12.5. The summed E-state index contributed by atoms with van der Waals surface area (Å²) in [6.07, 6.45) is 4.84. The number of carbonyl (C=O) groups is 1. The Hall–Kier alpha value is -1.10. The van der Waals surface area contributed by atoms with Crippen molar-refractivity contribution in [1.82, 2.24) is 9.47 Å². The first kappa shape index (κ1) is 15.0. The highest BCUT2D eigenvalue weighted by Crippen LogP contribution is 2.16. The van der Waals surface area contributed by atoms with Crippen molar-refractivity contribution in [3.05, 3.63) is 18.0 Å². The molecule has 0 saturated heterocycles.